The number of hydrogen-bond acceptors (Lipinski definition) is 4. The van der Waals surface area contributed by atoms with Gasteiger partial charge in [-0.2, -0.15) is 0 Å². The smallest absolute Gasteiger partial charge is 0.235 e. The van der Waals surface area contributed by atoms with Crippen molar-refractivity contribution < 1.29 is 19.4 Å². The van der Waals surface area contributed by atoms with E-state index in [1.54, 1.807) is 0 Å². The number of ether oxygens (including phenoxy) is 1. The number of carbonyl (C=O) groups excluding carboxylic acids is 2. The van der Waals surface area contributed by atoms with E-state index >= 15 is 0 Å². The van der Waals surface area contributed by atoms with Gasteiger partial charge in [-0.1, -0.05) is 44.9 Å². The van der Waals surface area contributed by atoms with Crippen LogP contribution in [-0.2, 0) is 9.59 Å². The summed E-state index contributed by atoms with van der Waals surface area (Å²) < 4.78 is 5.76. The number of aliphatic hydroxyl groups is 1. The van der Waals surface area contributed by atoms with Crippen LogP contribution >= 0.6 is 0 Å². The summed E-state index contributed by atoms with van der Waals surface area (Å²) in [4.78, 5) is 26.1. The van der Waals surface area contributed by atoms with Crippen molar-refractivity contribution >= 4 is 11.8 Å². The molecule has 5 nitrogen and oxygen atoms in total. The SMILES string of the molecule is CC(C)c1ccccc1OC[C@H](O)CN1C(=O)CC2(CCCC2)C1=O. The lowest BCUT2D eigenvalue weighted by Gasteiger charge is -2.23. The highest BCUT2D eigenvalue weighted by Crippen LogP contribution is 2.46. The molecule has 1 saturated heterocycles. The van der Waals surface area contributed by atoms with Crippen LogP contribution in [0.25, 0.3) is 0 Å². The molecular formula is C20H27NO4. The molecule has 2 amide bonds. The zero-order chi connectivity index (χ0) is 18.0. The molecule has 1 heterocycles. The Kier molecular flexibility index (Phi) is 5.13. The lowest BCUT2D eigenvalue weighted by Crippen LogP contribution is -2.41. The largest absolute Gasteiger partial charge is 0.491 e. The molecule has 2 aliphatic rings. The van der Waals surface area contributed by atoms with Crippen LogP contribution in [0.4, 0.5) is 0 Å². The Morgan fingerprint density at radius 2 is 1.88 bits per heavy atom. The first kappa shape index (κ1) is 17.9. The van der Waals surface area contributed by atoms with Gasteiger partial charge in [0.05, 0.1) is 12.0 Å². The van der Waals surface area contributed by atoms with Crippen molar-refractivity contribution in [3.63, 3.8) is 0 Å². The molecule has 1 aromatic carbocycles. The number of β-amino-alcohol motifs (C(OH)–C–C–N with tert-alkyl or cyclic N) is 1. The van der Waals surface area contributed by atoms with Gasteiger partial charge in [0.2, 0.25) is 11.8 Å². The number of amides is 2. The maximum absolute atomic E-state index is 12.6. The summed E-state index contributed by atoms with van der Waals surface area (Å²) in [6, 6.07) is 7.73. The van der Waals surface area contributed by atoms with Gasteiger partial charge < -0.3 is 9.84 Å². The Labute approximate surface area is 149 Å². The number of carbonyl (C=O) groups is 2. The molecule has 0 radical (unpaired) electrons. The van der Waals surface area contributed by atoms with Gasteiger partial charge in [0.1, 0.15) is 18.5 Å². The molecule has 1 N–H and O–H groups in total. The Balaban J connectivity index is 1.59. The van der Waals surface area contributed by atoms with E-state index < -0.39 is 11.5 Å². The normalized spacial score (nSPS) is 20.7. The van der Waals surface area contributed by atoms with Crippen molar-refractivity contribution in [1.29, 1.82) is 0 Å². The Morgan fingerprint density at radius 1 is 1.20 bits per heavy atom. The van der Waals surface area contributed by atoms with Crippen molar-refractivity contribution in [3.8, 4) is 5.75 Å². The van der Waals surface area contributed by atoms with Gasteiger partial charge >= 0.3 is 0 Å². The summed E-state index contributed by atoms with van der Waals surface area (Å²) in [7, 11) is 0. The van der Waals surface area contributed by atoms with E-state index in [4.69, 9.17) is 4.74 Å². The molecule has 1 aromatic rings. The summed E-state index contributed by atoms with van der Waals surface area (Å²) >= 11 is 0. The van der Waals surface area contributed by atoms with Crippen LogP contribution in [0.3, 0.4) is 0 Å². The van der Waals surface area contributed by atoms with Crippen molar-refractivity contribution in [1.82, 2.24) is 4.90 Å². The van der Waals surface area contributed by atoms with Crippen LogP contribution in [0.5, 0.6) is 5.75 Å². The standard InChI is InChI=1S/C20H27NO4/c1-14(2)16-7-3-4-8-17(16)25-13-15(22)12-21-18(23)11-20(19(21)24)9-5-6-10-20/h3-4,7-8,14-15,22H,5-6,9-13H2,1-2H3/t15-/m1/s1. The van der Waals surface area contributed by atoms with Crippen LogP contribution in [0, 0.1) is 5.41 Å². The van der Waals surface area contributed by atoms with Gasteiger partial charge in [-0.15, -0.1) is 0 Å². The highest BCUT2D eigenvalue weighted by molar-refractivity contribution is 6.06. The lowest BCUT2D eigenvalue weighted by atomic mass is 9.84. The number of nitrogens with zero attached hydrogens (tertiary/aromatic N) is 1. The second-order valence-corrected chi connectivity index (χ2v) is 7.63. The maximum Gasteiger partial charge on any atom is 0.235 e. The fourth-order valence-corrected chi connectivity index (χ4v) is 4.03. The number of benzene rings is 1. The predicted octanol–water partition coefficient (Wildman–Crippen LogP) is 2.87. The highest BCUT2D eigenvalue weighted by Gasteiger charge is 2.52. The fourth-order valence-electron chi connectivity index (χ4n) is 4.03. The third-order valence-electron chi connectivity index (χ3n) is 5.42. The summed E-state index contributed by atoms with van der Waals surface area (Å²) in [6.07, 6.45) is 3.01. The van der Waals surface area contributed by atoms with E-state index in [0.29, 0.717) is 12.3 Å². The molecule has 136 valence electrons. The number of hydrogen-bond donors (Lipinski definition) is 1. The Morgan fingerprint density at radius 3 is 2.56 bits per heavy atom. The lowest BCUT2D eigenvalue weighted by molar-refractivity contribution is -0.143. The van der Waals surface area contributed by atoms with Crippen LogP contribution in [-0.4, -0.2) is 41.1 Å². The monoisotopic (exact) mass is 345 g/mol. The van der Waals surface area contributed by atoms with E-state index in [1.807, 2.05) is 24.3 Å². The van der Waals surface area contributed by atoms with Crippen LogP contribution in [0.15, 0.2) is 24.3 Å². The number of para-hydroxylation sites is 1. The van der Waals surface area contributed by atoms with Crippen LogP contribution in [0.1, 0.15) is 57.4 Å². The average molecular weight is 345 g/mol. The first-order valence-electron chi connectivity index (χ1n) is 9.17. The quantitative estimate of drug-likeness (QED) is 0.805. The molecule has 1 aliphatic heterocycles. The summed E-state index contributed by atoms with van der Waals surface area (Å²) in [6.45, 7) is 4.25. The maximum atomic E-state index is 12.6. The number of aliphatic hydroxyl groups excluding tert-OH is 1. The minimum atomic E-state index is -0.885. The van der Waals surface area contributed by atoms with E-state index in [9.17, 15) is 14.7 Å². The Hall–Kier alpha value is -1.88. The molecule has 1 aliphatic carbocycles. The van der Waals surface area contributed by atoms with Crippen molar-refractivity contribution in [2.45, 2.75) is 58.0 Å². The minimum Gasteiger partial charge on any atom is -0.491 e. The van der Waals surface area contributed by atoms with Gasteiger partial charge in [0.15, 0.2) is 0 Å². The summed E-state index contributed by atoms with van der Waals surface area (Å²) in [5, 5.41) is 10.3. The van der Waals surface area contributed by atoms with E-state index in [1.165, 1.54) is 4.90 Å². The molecule has 25 heavy (non-hydrogen) atoms. The molecule has 5 heteroatoms. The second kappa shape index (κ2) is 7.16. The number of imide groups is 1. The number of rotatable bonds is 6. The van der Waals surface area contributed by atoms with E-state index in [0.717, 1.165) is 37.0 Å². The van der Waals surface area contributed by atoms with Gasteiger partial charge in [-0.3, -0.25) is 14.5 Å². The van der Waals surface area contributed by atoms with E-state index in [2.05, 4.69) is 13.8 Å². The molecule has 0 unspecified atom stereocenters. The summed E-state index contributed by atoms with van der Waals surface area (Å²) in [5.74, 6) is 0.797. The van der Waals surface area contributed by atoms with Gasteiger partial charge in [-0.25, -0.2) is 0 Å². The molecular weight excluding hydrogens is 318 g/mol. The highest BCUT2D eigenvalue weighted by atomic mass is 16.5. The van der Waals surface area contributed by atoms with Crippen LogP contribution in [0.2, 0.25) is 0 Å². The number of likely N-dealkylation sites (tertiary alicyclic amines) is 1. The van der Waals surface area contributed by atoms with Gasteiger partial charge in [-0.05, 0) is 30.4 Å². The van der Waals surface area contributed by atoms with Crippen molar-refractivity contribution in [3.05, 3.63) is 29.8 Å². The van der Waals surface area contributed by atoms with Crippen LogP contribution < -0.4 is 4.74 Å². The van der Waals surface area contributed by atoms with Crippen molar-refractivity contribution in [2.75, 3.05) is 13.2 Å². The average Bonchev–Trinajstić information content (AvgIpc) is 3.14. The molecule has 1 saturated carbocycles. The summed E-state index contributed by atoms with van der Waals surface area (Å²) in [5.41, 5.74) is 0.593. The third-order valence-corrected chi connectivity index (χ3v) is 5.42. The fraction of sp³-hybridized carbons (Fsp3) is 0.600. The molecule has 1 atom stereocenters. The zero-order valence-electron chi connectivity index (χ0n) is 15.0. The predicted molar refractivity (Wildman–Crippen MR) is 94.3 cm³/mol. The minimum absolute atomic E-state index is 0.0171. The topological polar surface area (TPSA) is 66.8 Å². The Bertz CT molecular complexity index is 649. The zero-order valence-corrected chi connectivity index (χ0v) is 15.0. The molecule has 2 fully saturated rings. The van der Waals surface area contributed by atoms with Crippen molar-refractivity contribution in [2.24, 2.45) is 5.41 Å². The molecule has 1 spiro atoms. The van der Waals surface area contributed by atoms with Gasteiger partial charge in [0.25, 0.3) is 0 Å². The molecule has 0 bridgehead atoms. The van der Waals surface area contributed by atoms with Gasteiger partial charge in [0, 0.05) is 6.42 Å². The molecule has 0 aromatic heterocycles. The third kappa shape index (κ3) is 3.56. The second-order valence-electron chi connectivity index (χ2n) is 7.63. The first-order chi connectivity index (χ1) is 11.9. The first-order valence-corrected chi connectivity index (χ1v) is 9.17. The molecule has 3 rings (SSSR count). The van der Waals surface area contributed by atoms with E-state index in [-0.39, 0.29) is 25.0 Å².